The lowest BCUT2D eigenvalue weighted by Gasteiger charge is -2.21. The van der Waals surface area contributed by atoms with Crippen molar-refractivity contribution in [2.45, 2.75) is 37.6 Å². The highest BCUT2D eigenvalue weighted by Gasteiger charge is 2.44. The van der Waals surface area contributed by atoms with Crippen LogP contribution in [0.3, 0.4) is 0 Å². The highest BCUT2D eigenvalue weighted by Crippen LogP contribution is 2.47. The molecule has 0 bridgehead atoms. The molecule has 25 heavy (non-hydrogen) atoms. The molecule has 0 amide bonds. The summed E-state index contributed by atoms with van der Waals surface area (Å²) in [5.74, 6) is 0.585. The first-order valence-corrected chi connectivity index (χ1v) is 10.2. The van der Waals surface area contributed by atoms with Gasteiger partial charge >= 0.3 is 0 Å². The van der Waals surface area contributed by atoms with E-state index < -0.39 is 9.84 Å². The summed E-state index contributed by atoms with van der Waals surface area (Å²) in [4.78, 5) is 4.20. The van der Waals surface area contributed by atoms with Gasteiger partial charge in [-0.1, -0.05) is 12.1 Å². The Labute approximate surface area is 166 Å². The first kappa shape index (κ1) is 22.1. The summed E-state index contributed by atoms with van der Waals surface area (Å²) >= 11 is 0. The van der Waals surface area contributed by atoms with E-state index in [1.807, 2.05) is 19.1 Å². The van der Waals surface area contributed by atoms with E-state index in [-0.39, 0.29) is 47.0 Å². The van der Waals surface area contributed by atoms with Gasteiger partial charge in [0.15, 0.2) is 5.96 Å². The van der Waals surface area contributed by atoms with E-state index in [0.717, 1.165) is 24.9 Å². The van der Waals surface area contributed by atoms with E-state index in [1.165, 1.54) is 18.4 Å². The molecule has 1 unspecified atom stereocenters. The third kappa shape index (κ3) is 7.08. The van der Waals surface area contributed by atoms with E-state index in [0.29, 0.717) is 12.4 Å². The van der Waals surface area contributed by atoms with Gasteiger partial charge in [-0.3, -0.25) is 4.99 Å². The minimum atomic E-state index is -2.96. The number of halogens is 2. The van der Waals surface area contributed by atoms with Crippen molar-refractivity contribution in [3.63, 3.8) is 0 Å². The summed E-state index contributed by atoms with van der Waals surface area (Å²) in [6.07, 6.45) is 3.90. The van der Waals surface area contributed by atoms with Crippen LogP contribution in [0.2, 0.25) is 0 Å². The van der Waals surface area contributed by atoms with Gasteiger partial charge in [-0.05, 0) is 43.9 Å². The Morgan fingerprint density at radius 2 is 1.92 bits per heavy atom. The fourth-order valence-electron chi connectivity index (χ4n) is 2.67. The van der Waals surface area contributed by atoms with Crippen LogP contribution in [0.15, 0.2) is 29.3 Å². The van der Waals surface area contributed by atoms with Gasteiger partial charge < -0.3 is 10.6 Å². The Balaban J connectivity index is 0.00000312. The average Bonchev–Trinajstić information content (AvgIpc) is 3.30. The lowest BCUT2D eigenvalue weighted by Crippen LogP contribution is -2.45. The number of nitrogens with one attached hydrogen (secondary N) is 2. The van der Waals surface area contributed by atoms with Crippen LogP contribution < -0.4 is 10.6 Å². The highest BCUT2D eigenvalue weighted by atomic mass is 127. The van der Waals surface area contributed by atoms with E-state index in [2.05, 4.69) is 15.6 Å². The fourth-order valence-corrected chi connectivity index (χ4v) is 3.45. The van der Waals surface area contributed by atoms with Gasteiger partial charge in [-0.25, -0.2) is 12.8 Å². The maximum Gasteiger partial charge on any atom is 0.191 e. The molecule has 2 rings (SSSR count). The second-order valence-electron chi connectivity index (χ2n) is 6.68. The molecule has 1 saturated carbocycles. The van der Waals surface area contributed by atoms with Gasteiger partial charge in [0, 0.05) is 31.3 Å². The van der Waals surface area contributed by atoms with Crippen LogP contribution >= 0.6 is 24.0 Å². The number of hydrogen-bond acceptors (Lipinski definition) is 3. The SMILES string of the molecule is CN=C(NCC1(c2ccc(F)cc2)CC1)NC(C)CCS(C)(=O)=O.I. The van der Waals surface area contributed by atoms with Crippen LogP contribution in [0.5, 0.6) is 0 Å². The summed E-state index contributed by atoms with van der Waals surface area (Å²) in [5.41, 5.74) is 1.18. The minimum Gasteiger partial charge on any atom is -0.356 e. The molecular weight excluding hydrogens is 456 g/mol. The number of benzene rings is 1. The molecule has 1 atom stereocenters. The number of nitrogens with zero attached hydrogens (tertiary/aromatic N) is 1. The second kappa shape index (κ2) is 9.16. The Bertz CT molecular complexity index is 688. The van der Waals surface area contributed by atoms with Crippen molar-refractivity contribution in [3.05, 3.63) is 35.6 Å². The molecule has 0 saturated heterocycles. The molecule has 1 fully saturated rings. The summed E-state index contributed by atoms with van der Waals surface area (Å²) in [7, 11) is -1.27. The quantitative estimate of drug-likeness (QED) is 0.355. The first-order valence-electron chi connectivity index (χ1n) is 8.15. The van der Waals surface area contributed by atoms with E-state index >= 15 is 0 Å². The predicted molar refractivity (Wildman–Crippen MR) is 111 cm³/mol. The minimum absolute atomic E-state index is 0. The van der Waals surface area contributed by atoms with Crippen molar-refractivity contribution in [2.75, 3.05) is 25.6 Å². The van der Waals surface area contributed by atoms with Crippen molar-refractivity contribution < 1.29 is 12.8 Å². The molecule has 142 valence electrons. The third-order valence-corrected chi connectivity index (χ3v) is 5.41. The average molecular weight is 483 g/mol. The number of hydrogen-bond donors (Lipinski definition) is 2. The molecular formula is C17H27FIN3O2S. The molecule has 0 spiro atoms. The molecule has 0 heterocycles. The van der Waals surface area contributed by atoms with Crippen molar-refractivity contribution >= 4 is 39.8 Å². The normalized spacial score (nSPS) is 17.4. The molecule has 1 aromatic rings. The summed E-state index contributed by atoms with van der Waals surface area (Å²) in [5, 5.41) is 6.52. The van der Waals surface area contributed by atoms with Crippen molar-refractivity contribution in [3.8, 4) is 0 Å². The van der Waals surface area contributed by atoms with Crippen LogP contribution in [0.1, 0.15) is 31.7 Å². The van der Waals surface area contributed by atoms with Crippen LogP contribution in [0.4, 0.5) is 4.39 Å². The molecule has 5 nitrogen and oxygen atoms in total. The monoisotopic (exact) mass is 483 g/mol. The summed E-state index contributed by atoms with van der Waals surface area (Å²) < 4.78 is 35.6. The van der Waals surface area contributed by atoms with Crippen LogP contribution in [-0.4, -0.2) is 46.0 Å². The van der Waals surface area contributed by atoms with Crippen molar-refractivity contribution in [1.29, 1.82) is 0 Å². The standard InChI is InChI=1S/C17H26FN3O2S.HI/c1-13(8-11-24(3,22)23)21-16(19-2)20-12-17(9-10-17)14-4-6-15(18)7-5-14;/h4-7,13H,8-12H2,1-3H3,(H2,19,20,21);1H. The molecule has 1 aliphatic carbocycles. The molecule has 1 aliphatic rings. The van der Waals surface area contributed by atoms with E-state index in [4.69, 9.17) is 0 Å². The van der Waals surface area contributed by atoms with Crippen LogP contribution in [0.25, 0.3) is 0 Å². The van der Waals surface area contributed by atoms with Crippen molar-refractivity contribution in [2.24, 2.45) is 4.99 Å². The largest absolute Gasteiger partial charge is 0.356 e. The maximum absolute atomic E-state index is 13.1. The molecule has 0 radical (unpaired) electrons. The van der Waals surface area contributed by atoms with Crippen molar-refractivity contribution in [1.82, 2.24) is 10.6 Å². The molecule has 0 aliphatic heterocycles. The van der Waals surface area contributed by atoms with Crippen LogP contribution in [-0.2, 0) is 15.3 Å². The summed E-state index contributed by atoms with van der Waals surface area (Å²) in [6, 6.07) is 6.68. The topological polar surface area (TPSA) is 70.6 Å². The summed E-state index contributed by atoms with van der Waals surface area (Å²) in [6.45, 7) is 2.65. The zero-order chi connectivity index (χ0) is 17.8. The van der Waals surface area contributed by atoms with E-state index in [1.54, 1.807) is 7.05 Å². The highest BCUT2D eigenvalue weighted by molar-refractivity contribution is 14.0. The smallest absolute Gasteiger partial charge is 0.191 e. The number of sulfone groups is 1. The Kier molecular flexibility index (Phi) is 8.11. The maximum atomic E-state index is 13.1. The lowest BCUT2D eigenvalue weighted by molar-refractivity contribution is 0.576. The van der Waals surface area contributed by atoms with Gasteiger partial charge in [0.25, 0.3) is 0 Å². The van der Waals surface area contributed by atoms with Gasteiger partial charge in [0.05, 0.1) is 5.75 Å². The lowest BCUT2D eigenvalue weighted by atomic mass is 9.96. The molecule has 0 aromatic heterocycles. The fraction of sp³-hybridized carbons (Fsp3) is 0.588. The first-order chi connectivity index (χ1) is 11.2. The van der Waals surface area contributed by atoms with Crippen LogP contribution in [0, 0.1) is 5.82 Å². The molecule has 8 heteroatoms. The predicted octanol–water partition coefficient (Wildman–Crippen LogP) is 2.46. The molecule has 2 N–H and O–H groups in total. The number of aliphatic imine (C=N–C) groups is 1. The zero-order valence-electron chi connectivity index (χ0n) is 14.9. The third-order valence-electron chi connectivity index (χ3n) is 4.43. The number of guanidine groups is 1. The van der Waals surface area contributed by atoms with Gasteiger partial charge in [0.1, 0.15) is 15.7 Å². The Hall–Kier alpha value is -0.900. The Morgan fingerprint density at radius 1 is 1.32 bits per heavy atom. The van der Waals surface area contributed by atoms with Gasteiger partial charge in [0.2, 0.25) is 0 Å². The molecule has 1 aromatic carbocycles. The Morgan fingerprint density at radius 3 is 2.40 bits per heavy atom. The van der Waals surface area contributed by atoms with Gasteiger partial charge in [-0.15, -0.1) is 24.0 Å². The van der Waals surface area contributed by atoms with Gasteiger partial charge in [-0.2, -0.15) is 0 Å². The number of rotatable bonds is 7. The second-order valence-corrected chi connectivity index (χ2v) is 8.94. The zero-order valence-corrected chi connectivity index (χ0v) is 18.0. The van der Waals surface area contributed by atoms with E-state index in [9.17, 15) is 12.8 Å².